The number of rotatable bonds is 6. The summed E-state index contributed by atoms with van der Waals surface area (Å²) in [5, 5.41) is 28.4. The van der Waals surface area contributed by atoms with Gasteiger partial charge in [0.2, 0.25) is 0 Å². The second-order valence-electron chi connectivity index (χ2n) is 9.71. The molecule has 210 valence electrons. The number of hydrogen-bond acceptors (Lipinski definition) is 7. The normalized spacial score (nSPS) is 11.3. The van der Waals surface area contributed by atoms with Crippen molar-refractivity contribution in [2.45, 2.75) is 0 Å². The molecule has 4 aromatic carbocycles. The van der Waals surface area contributed by atoms with Gasteiger partial charge in [0.15, 0.2) is 0 Å². The van der Waals surface area contributed by atoms with E-state index in [1.54, 1.807) is 24.3 Å². The molecule has 0 bridgehead atoms. The third kappa shape index (κ3) is 4.79. The van der Waals surface area contributed by atoms with Crippen molar-refractivity contribution in [1.29, 1.82) is 0 Å². The molecule has 11 heteroatoms. The summed E-state index contributed by atoms with van der Waals surface area (Å²) in [5.74, 6) is -3.33. The van der Waals surface area contributed by atoms with Gasteiger partial charge in [-0.3, -0.25) is 9.59 Å². The third-order valence-corrected chi connectivity index (χ3v) is 10.4. The Bertz CT molecular complexity index is 2090. The van der Waals surface area contributed by atoms with Crippen molar-refractivity contribution in [1.82, 2.24) is 0 Å². The second-order valence-corrected chi connectivity index (χ2v) is 13.0. The van der Waals surface area contributed by atoms with Crippen molar-refractivity contribution in [3.8, 4) is 0 Å². The number of thiophene rings is 3. The molecule has 8 nitrogen and oxygen atoms in total. The van der Waals surface area contributed by atoms with Gasteiger partial charge in [0.25, 0.3) is 11.8 Å². The number of fused-ring (bicyclic) bond motifs is 5. The molecule has 0 fully saturated rings. The van der Waals surface area contributed by atoms with Gasteiger partial charge in [0, 0.05) is 29.6 Å². The van der Waals surface area contributed by atoms with Crippen LogP contribution in [0.2, 0.25) is 0 Å². The van der Waals surface area contributed by atoms with Gasteiger partial charge in [-0.25, -0.2) is 9.59 Å². The Balaban J connectivity index is 1.28. The van der Waals surface area contributed by atoms with Crippen LogP contribution in [0.1, 0.15) is 40.1 Å². The summed E-state index contributed by atoms with van der Waals surface area (Å²) < 4.78 is 3.18. The van der Waals surface area contributed by atoms with E-state index < -0.39 is 23.8 Å². The Morgan fingerprint density at radius 3 is 1.33 bits per heavy atom. The molecule has 0 atom stereocenters. The summed E-state index contributed by atoms with van der Waals surface area (Å²) in [5.41, 5.74) is 0.0119. The highest BCUT2D eigenvalue weighted by molar-refractivity contribution is 7.26. The number of hydrogen-bond donors (Lipinski definition) is 4. The van der Waals surface area contributed by atoms with Crippen molar-refractivity contribution < 1.29 is 29.4 Å². The molecule has 0 aliphatic heterocycles. The van der Waals surface area contributed by atoms with Crippen LogP contribution in [0.4, 0.5) is 11.4 Å². The predicted octanol–water partition coefficient (Wildman–Crippen LogP) is 8.38. The summed E-state index contributed by atoms with van der Waals surface area (Å²) in [4.78, 5) is 51.6. The molecule has 2 amide bonds. The lowest BCUT2D eigenvalue weighted by Gasteiger charge is -2.09. The zero-order valence-electron chi connectivity index (χ0n) is 21.8. The average molecular weight is 623 g/mol. The highest BCUT2D eigenvalue weighted by atomic mass is 32.1. The van der Waals surface area contributed by atoms with E-state index in [1.807, 2.05) is 48.5 Å². The van der Waals surface area contributed by atoms with Crippen LogP contribution in [0.3, 0.4) is 0 Å². The van der Waals surface area contributed by atoms with Gasteiger partial charge < -0.3 is 20.8 Å². The van der Waals surface area contributed by atoms with E-state index in [0.717, 1.165) is 20.2 Å². The number of carbonyl (C=O) groups excluding carboxylic acids is 2. The van der Waals surface area contributed by atoms with Gasteiger partial charge in [-0.1, -0.05) is 36.4 Å². The van der Waals surface area contributed by atoms with Crippen molar-refractivity contribution in [3.05, 3.63) is 106 Å². The second kappa shape index (κ2) is 10.3. The Kier molecular flexibility index (Phi) is 6.42. The summed E-state index contributed by atoms with van der Waals surface area (Å²) >= 11 is 3.92. The smallest absolute Gasteiger partial charge is 0.337 e. The Hall–Kier alpha value is -5.10. The van der Waals surface area contributed by atoms with Gasteiger partial charge in [0.05, 0.1) is 32.3 Å². The molecule has 0 spiro atoms. The van der Waals surface area contributed by atoms with Gasteiger partial charge in [0.1, 0.15) is 0 Å². The van der Waals surface area contributed by atoms with E-state index in [1.165, 1.54) is 46.1 Å². The summed E-state index contributed by atoms with van der Waals surface area (Å²) in [6.45, 7) is 0. The van der Waals surface area contributed by atoms with E-state index in [0.29, 0.717) is 29.9 Å². The molecule has 7 aromatic rings. The van der Waals surface area contributed by atoms with Crippen LogP contribution in [-0.4, -0.2) is 34.0 Å². The van der Waals surface area contributed by atoms with Crippen LogP contribution in [-0.2, 0) is 0 Å². The molecule has 43 heavy (non-hydrogen) atoms. The van der Waals surface area contributed by atoms with E-state index in [-0.39, 0.29) is 22.5 Å². The minimum Gasteiger partial charge on any atom is -0.478 e. The fraction of sp³-hybridized carbons (Fsp3) is 0. The quantitative estimate of drug-likeness (QED) is 0.147. The number of amides is 2. The van der Waals surface area contributed by atoms with Crippen LogP contribution in [0, 0.1) is 0 Å². The summed E-state index contributed by atoms with van der Waals surface area (Å²) in [6.07, 6.45) is 0. The lowest BCUT2D eigenvalue weighted by molar-refractivity contribution is 0.0687. The van der Waals surface area contributed by atoms with E-state index in [9.17, 15) is 29.4 Å². The molecule has 7 rings (SSSR count). The Labute approximate surface area is 254 Å². The van der Waals surface area contributed by atoms with Gasteiger partial charge in [-0.15, -0.1) is 34.0 Å². The largest absolute Gasteiger partial charge is 0.478 e. The SMILES string of the molecule is O=C(Nc1cc2sc3cc(NC(=O)c4cc5ccccc5s4)c(C(=O)O)cc3c2cc1C(=O)O)c1cc2ccccc2s1. The van der Waals surface area contributed by atoms with Crippen molar-refractivity contribution >= 4 is 109 Å². The lowest BCUT2D eigenvalue weighted by atomic mass is 10.0. The molecular weight excluding hydrogens is 605 g/mol. The zero-order chi connectivity index (χ0) is 29.8. The molecule has 0 unspecified atom stereocenters. The van der Waals surface area contributed by atoms with Crippen LogP contribution in [0.15, 0.2) is 84.9 Å². The Morgan fingerprint density at radius 2 is 0.930 bits per heavy atom. The third-order valence-electron chi connectivity index (χ3n) is 7.01. The van der Waals surface area contributed by atoms with Crippen LogP contribution in [0.5, 0.6) is 0 Å². The maximum Gasteiger partial charge on any atom is 0.337 e. The molecule has 0 aliphatic rings. The highest BCUT2D eigenvalue weighted by Crippen LogP contribution is 2.40. The molecule has 3 heterocycles. The van der Waals surface area contributed by atoms with Crippen molar-refractivity contribution in [2.24, 2.45) is 0 Å². The maximum atomic E-state index is 13.1. The molecule has 0 aliphatic carbocycles. The number of anilines is 2. The van der Waals surface area contributed by atoms with Gasteiger partial charge >= 0.3 is 11.9 Å². The maximum absolute atomic E-state index is 13.1. The molecular formula is C32H18N2O6S3. The molecule has 0 saturated heterocycles. The Morgan fingerprint density at radius 1 is 0.512 bits per heavy atom. The number of benzene rings is 4. The molecule has 4 N–H and O–H groups in total. The minimum atomic E-state index is -1.24. The number of carboxylic acid groups (broad SMARTS) is 2. The monoisotopic (exact) mass is 622 g/mol. The number of carbonyl (C=O) groups is 4. The number of aromatic carboxylic acids is 2. The number of carboxylic acids is 2. The summed E-state index contributed by atoms with van der Waals surface area (Å²) in [6, 6.07) is 24.7. The predicted molar refractivity (Wildman–Crippen MR) is 173 cm³/mol. The van der Waals surface area contributed by atoms with E-state index >= 15 is 0 Å². The molecule has 0 radical (unpaired) electrons. The first-order valence-electron chi connectivity index (χ1n) is 12.9. The van der Waals surface area contributed by atoms with Gasteiger partial charge in [-0.2, -0.15) is 0 Å². The topological polar surface area (TPSA) is 133 Å². The standard InChI is InChI=1S/C32H18N2O6S3/c35-29(27-9-15-5-1-3-7-23(15)41-27)33-21-13-25-17(11-19(21)31(37)38)18-12-20(32(39)40)22(14-26(18)43-25)34-30(36)28-10-16-6-2-4-8-24(16)42-28/h1-14H,(H,33,35)(H,34,36)(H,37,38)(H,39,40). The molecule has 3 aromatic heterocycles. The average Bonchev–Trinajstić information content (AvgIpc) is 3.70. The van der Waals surface area contributed by atoms with E-state index in [2.05, 4.69) is 10.6 Å². The molecule has 0 saturated carbocycles. The van der Waals surface area contributed by atoms with Crippen molar-refractivity contribution in [3.63, 3.8) is 0 Å². The summed E-state index contributed by atoms with van der Waals surface area (Å²) in [7, 11) is 0. The fourth-order valence-corrected chi connectivity index (χ4v) is 8.05. The minimum absolute atomic E-state index is 0.124. The highest BCUT2D eigenvalue weighted by Gasteiger charge is 2.22. The van der Waals surface area contributed by atoms with E-state index in [4.69, 9.17) is 0 Å². The van der Waals surface area contributed by atoms with Crippen LogP contribution >= 0.6 is 34.0 Å². The number of nitrogens with one attached hydrogen (secondary N) is 2. The van der Waals surface area contributed by atoms with Crippen molar-refractivity contribution in [2.75, 3.05) is 10.6 Å². The fourth-order valence-electron chi connectivity index (χ4n) is 4.98. The van der Waals surface area contributed by atoms with Crippen LogP contribution in [0.25, 0.3) is 40.3 Å². The zero-order valence-corrected chi connectivity index (χ0v) is 24.3. The van der Waals surface area contributed by atoms with Crippen LogP contribution < -0.4 is 10.6 Å². The first-order valence-corrected chi connectivity index (χ1v) is 15.3. The first kappa shape index (κ1) is 26.8. The lowest BCUT2D eigenvalue weighted by Crippen LogP contribution is -2.13. The van der Waals surface area contributed by atoms with Gasteiger partial charge in [-0.05, 0) is 59.3 Å². The first-order chi connectivity index (χ1) is 20.7.